The lowest BCUT2D eigenvalue weighted by molar-refractivity contribution is -0.123. The van der Waals surface area contributed by atoms with Crippen LogP contribution in [0.15, 0.2) is 30.6 Å². The van der Waals surface area contributed by atoms with Gasteiger partial charge < -0.3 is 10.1 Å². The summed E-state index contributed by atoms with van der Waals surface area (Å²) >= 11 is 1.69. The Labute approximate surface area is 171 Å². The largest absolute Gasteiger partial charge is 0.467 e. The van der Waals surface area contributed by atoms with E-state index in [0.717, 1.165) is 29.5 Å². The first kappa shape index (κ1) is 18.1. The van der Waals surface area contributed by atoms with E-state index in [1.165, 1.54) is 21.7 Å². The highest BCUT2D eigenvalue weighted by molar-refractivity contribution is 7.18. The molecule has 2 amide bonds. The second-order valence-corrected chi connectivity index (χ2v) is 8.63. The van der Waals surface area contributed by atoms with Gasteiger partial charge in [0.25, 0.3) is 5.91 Å². The zero-order chi connectivity index (χ0) is 20.0. The third-order valence-electron chi connectivity index (χ3n) is 5.46. The van der Waals surface area contributed by atoms with E-state index in [9.17, 15) is 9.59 Å². The van der Waals surface area contributed by atoms with Crippen LogP contribution in [0.4, 0.5) is 11.4 Å². The second-order valence-electron chi connectivity index (χ2n) is 7.54. The van der Waals surface area contributed by atoms with Crippen LogP contribution >= 0.6 is 11.3 Å². The van der Waals surface area contributed by atoms with E-state index in [1.807, 2.05) is 18.2 Å². The minimum atomic E-state index is -0.281. The van der Waals surface area contributed by atoms with E-state index >= 15 is 0 Å². The van der Waals surface area contributed by atoms with Crippen molar-refractivity contribution in [1.82, 2.24) is 9.97 Å². The molecule has 1 aliphatic carbocycles. The Balaban J connectivity index is 1.40. The molecule has 1 aliphatic heterocycles. The molecule has 1 atom stereocenters. The number of hydrogen-bond donors (Lipinski definition) is 1. The molecular weight excluding hydrogens is 388 g/mol. The Morgan fingerprint density at radius 1 is 1.34 bits per heavy atom. The second kappa shape index (κ2) is 7.11. The molecule has 0 radical (unpaired) electrons. The molecule has 29 heavy (non-hydrogen) atoms. The molecule has 0 fully saturated rings. The number of hydrogen-bond acceptors (Lipinski definition) is 6. The maximum absolute atomic E-state index is 12.9. The van der Waals surface area contributed by atoms with Crippen molar-refractivity contribution in [2.24, 2.45) is 5.92 Å². The summed E-state index contributed by atoms with van der Waals surface area (Å²) in [6.07, 6.45) is 4.64. The average Bonchev–Trinajstić information content (AvgIpc) is 3.09. The maximum Gasteiger partial charge on any atom is 0.265 e. The molecule has 1 N–H and O–H groups in total. The molecule has 1 unspecified atom stereocenters. The quantitative estimate of drug-likeness (QED) is 0.720. The zero-order valence-corrected chi connectivity index (χ0v) is 16.8. The fraction of sp³-hybridized carbons (Fsp3) is 0.333. The van der Waals surface area contributed by atoms with Crippen LogP contribution in [0.2, 0.25) is 0 Å². The summed E-state index contributed by atoms with van der Waals surface area (Å²) in [5, 5.41) is 3.72. The molecule has 3 heterocycles. The van der Waals surface area contributed by atoms with Crippen LogP contribution in [0, 0.1) is 5.92 Å². The van der Waals surface area contributed by atoms with Crippen LogP contribution in [-0.4, -0.2) is 34.9 Å². The average molecular weight is 408 g/mol. The maximum atomic E-state index is 12.9. The van der Waals surface area contributed by atoms with Crippen molar-refractivity contribution in [1.29, 1.82) is 0 Å². The van der Waals surface area contributed by atoms with Gasteiger partial charge in [0.1, 0.15) is 17.7 Å². The molecule has 7 nitrogen and oxygen atoms in total. The van der Waals surface area contributed by atoms with Crippen LogP contribution in [0.3, 0.4) is 0 Å². The van der Waals surface area contributed by atoms with E-state index in [0.29, 0.717) is 23.2 Å². The van der Waals surface area contributed by atoms with Crippen molar-refractivity contribution in [3.05, 3.63) is 41.0 Å². The van der Waals surface area contributed by atoms with E-state index in [4.69, 9.17) is 4.74 Å². The van der Waals surface area contributed by atoms with E-state index < -0.39 is 0 Å². The molecular formula is C21H20N4O3S. The Morgan fingerprint density at radius 3 is 3.10 bits per heavy atom. The fourth-order valence-corrected chi connectivity index (χ4v) is 5.36. The Morgan fingerprint density at radius 2 is 2.21 bits per heavy atom. The van der Waals surface area contributed by atoms with Gasteiger partial charge in [-0.2, -0.15) is 0 Å². The Hall–Kier alpha value is -3.00. The molecule has 8 heteroatoms. The van der Waals surface area contributed by atoms with Crippen LogP contribution in [0.25, 0.3) is 10.2 Å². The number of fused-ring (bicyclic) bond motifs is 4. The van der Waals surface area contributed by atoms with Crippen LogP contribution in [0.5, 0.6) is 5.88 Å². The van der Waals surface area contributed by atoms with Crippen molar-refractivity contribution in [2.75, 3.05) is 23.4 Å². The van der Waals surface area contributed by atoms with Gasteiger partial charge in [0.15, 0.2) is 6.61 Å². The first-order chi connectivity index (χ1) is 14.1. The number of rotatable bonds is 3. The molecule has 0 saturated carbocycles. The third kappa shape index (κ3) is 3.23. The van der Waals surface area contributed by atoms with Crippen LogP contribution < -0.4 is 15.0 Å². The number of nitrogens with zero attached hydrogens (tertiary/aromatic N) is 3. The minimum Gasteiger partial charge on any atom is -0.467 e. The van der Waals surface area contributed by atoms with Gasteiger partial charge >= 0.3 is 0 Å². The summed E-state index contributed by atoms with van der Waals surface area (Å²) in [6, 6.07) is 7.25. The number of ether oxygens (including phenoxy) is 1. The van der Waals surface area contributed by atoms with E-state index in [2.05, 4.69) is 22.2 Å². The number of nitrogens with one attached hydrogen (secondary N) is 1. The summed E-state index contributed by atoms with van der Waals surface area (Å²) in [7, 11) is 0. The molecule has 2 aliphatic rings. The summed E-state index contributed by atoms with van der Waals surface area (Å²) in [6.45, 7) is 2.06. The number of amides is 2. The van der Waals surface area contributed by atoms with Gasteiger partial charge in [-0.05, 0) is 42.9 Å². The van der Waals surface area contributed by atoms with Gasteiger partial charge in [-0.15, -0.1) is 11.3 Å². The minimum absolute atomic E-state index is 0.0237. The van der Waals surface area contributed by atoms with E-state index in [1.54, 1.807) is 17.4 Å². The number of para-hydroxylation sites is 2. The molecule has 3 aromatic rings. The van der Waals surface area contributed by atoms with Gasteiger partial charge in [-0.1, -0.05) is 19.1 Å². The molecule has 0 saturated heterocycles. The zero-order valence-electron chi connectivity index (χ0n) is 16.0. The van der Waals surface area contributed by atoms with Gasteiger partial charge in [-0.25, -0.2) is 9.97 Å². The topological polar surface area (TPSA) is 84.4 Å². The van der Waals surface area contributed by atoms with Crippen LogP contribution in [-0.2, 0) is 22.4 Å². The number of thiophene rings is 1. The first-order valence-electron chi connectivity index (χ1n) is 9.67. The SMILES string of the molecule is CC1CCc2c(sc3ncnc(OCC(=O)N4CC(=O)Nc5ccccc54)c23)C1. The van der Waals surface area contributed by atoms with Gasteiger partial charge in [0.05, 0.1) is 16.8 Å². The van der Waals surface area contributed by atoms with Crippen molar-refractivity contribution < 1.29 is 14.3 Å². The van der Waals surface area contributed by atoms with Gasteiger partial charge in [-0.3, -0.25) is 14.5 Å². The highest BCUT2D eigenvalue weighted by atomic mass is 32.1. The highest BCUT2D eigenvalue weighted by Crippen LogP contribution is 2.40. The van der Waals surface area contributed by atoms with Crippen molar-refractivity contribution in [2.45, 2.75) is 26.2 Å². The molecule has 0 bridgehead atoms. The number of benzene rings is 1. The normalized spacial score (nSPS) is 18.2. The van der Waals surface area contributed by atoms with Gasteiger partial charge in [0.2, 0.25) is 11.8 Å². The number of aryl methyl sites for hydroxylation is 1. The smallest absolute Gasteiger partial charge is 0.265 e. The Kier molecular flexibility index (Phi) is 4.43. The molecule has 0 spiro atoms. The summed E-state index contributed by atoms with van der Waals surface area (Å²) in [5.41, 5.74) is 2.56. The monoisotopic (exact) mass is 408 g/mol. The summed E-state index contributed by atoms with van der Waals surface area (Å²) in [4.78, 5) is 37.3. The summed E-state index contributed by atoms with van der Waals surface area (Å²) < 4.78 is 5.87. The fourth-order valence-electron chi connectivity index (χ4n) is 4.02. The number of carbonyl (C=O) groups excluding carboxylic acids is 2. The number of carbonyl (C=O) groups is 2. The third-order valence-corrected chi connectivity index (χ3v) is 6.62. The first-order valence-corrected chi connectivity index (χ1v) is 10.5. The number of anilines is 2. The van der Waals surface area contributed by atoms with Crippen LogP contribution in [0.1, 0.15) is 23.8 Å². The Bertz CT molecular complexity index is 1130. The van der Waals surface area contributed by atoms with Crippen molar-refractivity contribution in [3.63, 3.8) is 0 Å². The van der Waals surface area contributed by atoms with E-state index in [-0.39, 0.29) is 25.0 Å². The summed E-state index contributed by atoms with van der Waals surface area (Å²) in [5.74, 6) is 0.615. The van der Waals surface area contributed by atoms with Gasteiger partial charge in [0, 0.05) is 4.88 Å². The van der Waals surface area contributed by atoms with Crippen molar-refractivity contribution in [3.8, 4) is 5.88 Å². The highest BCUT2D eigenvalue weighted by Gasteiger charge is 2.28. The molecule has 148 valence electrons. The van der Waals surface area contributed by atoms with Crippen molar-refractivity contribution >= 4 is 44.7 Å². The predicted octanol–water partition coefficient (Wildman–Crippen LogP) is 3.18. The number of aromatic nitrogens is 2. The molecule has 5 rings (SSSR count). The molecule has 1 aromatic carbocycles. The molecule has 2 aromatic heterocycles. The lowest BCUT2D eigenvalue weighted by Gasteiger charge is -2.29. The predicted molar refractivity (Wildman–Crippen MR) is 112 cm³/mol. The lowest BCUT2D eigenvalue weighted by atomic mass is 9.89. The lowest BCUT2D eigenvalue weighted by Crippen LogP contribution is -2.44. The standard InChI is InChI=1S/C21H20N4O3S/c1-12-6-7-13-16(8-12)29-21-19(13)20(22-11-23-21)28-10-18(27)25-9-17(26)24-14-4-2-3-5-15(14)25/h2-5,11-12H,6-10H2,1H3,(H,24,26).